The van der Waals surface area contributed by atoms with Gasteiger partial charge in [0.1, 0.15) is 19.3 Å². The van der Waals surface area contributed by atoms with Crippen molar-refractivity contribution in [3.8, 4) is 0 Å². The third-order valence-electron chi connectivity index (χ3n) is 17.1. The quantitative estimate of drug-likeness (QED) is 0.0169. The van der Waals surface area contributed by atoms with E-state index in [4.69, 9.17) is 37.0 Å². The fourth-order valence-corrected chi connectivity index (χ4v) is 12.3. The molecule has 0 aliphatic heterocycles. The highest BCUT2D eigenvalue weighted by Crippen LogP contribution is 2.45. The second-order valence-electron chi connectivity index (χ2n) is 27.3. The molecule has 0 bridgehead atoms. The number of rotatable bonds is 77. The average Bonchev–Trinajstić information content (AvgIpc) is 0.909. The molecule has 0 rings (SSSR count). The van der Waals surface area contributed by atoms with Crippen molar-refractivity contribution in [2.75, 3.05) is 39.6 Å². The van der Waals surface area contributed by atoms with Crippen LogP contribution in [0.2, 0.25) is 0 Å². The first-order chi connectivity index (χ1) is 51.7. The monoisotopic (exact) mass is 1530 g/mol. The van der Waals surface area contributed by atoms with Crippen molar-refractivity contribution < 1.29 is 80.2 Å². The number of carbonyl (C=O) groups excluding carboxylic acids is 4. The Hall–Kier alpha value is -4.80. The Morgan fingerprint density at radius 1 is 0.274 bits per heavy atom. The van der Waals surface area contributed by atoms with Gasteiger partial charge in [-0.15, -0.1) is 0 Å². The summed E-state index contributed by atoms with van der Waals surface area (Å²) in [5.41, 5.74) is 0. The lowest BCUT2D eigenvalue weighted by atomic mass is 10.1. The summed E-state index contributed by atoms with van der Waals surface area (Å²) in [5.74, 6) is -2.28. The lowest BCUT2D eigenvalue weighted by Gasteiger charge is -2.21. The van der Waals surface area contributed by atoms with E-state index in [-0.39, 0.29) is 25.7 Å². The van der Waals surface area contributed by atoms with Crippen LogP contribution in [0.1, 0.15) is 336 Å². The van der Waals surface area contributed by atoms with E-state index in [1.165, 1.54) is 83.5 Å². The van der Waals surface area contributed by atoms with Crippen molar-refractivity contribution in [1.82, 2.24) is 0 Å². The third kappa shape index (κ3) is 77.4. The Bertz CT molecular complexity index is 2530. The number of allylic oxidation sites excluding steroid dienone is 22. The molecule has 0 radical (unpaired) electrons. The van der Waals surface area contributed by atoms with Gasteiger partial charge in [0.2, 0.25) is 0 Å². The summed E-state index contributed by atoms with van der Waals surface area (Å²) < 4.78 is 68.6. The number of hydrogen-bond acceptors (Lipinski definition) is 15. The number of aliphatic hydroxyl groups excluding tert-OH is 1. The summed E-state index contributed by atoms with van der Waals surface area (Å²) in [5, 5.41) is 10.7. The number of carbonyl (C=O) groups is 4. The van der Waals surface area contributed by atoms with Gasteiger partial charge in [0.25, 0.3) is 0 Å². The molecule has 3 N–H and O–H groups in total. The van der Waals surface area contributed by atoms with E-state index in [0.29, 0.717) is 32.1 Å². The average molecular weight is 1530 g/mol. The maximum absolute atomic E-state index is 13.1. The lowest BCUT2D eigenvalue weighted by molar-refractivity contribution is -0.161. The van der Waals surface area contributed by atoms with E-state index in [0.717, 1.165) is 167 Å². The van der Waals surface area contributed by atoms with E-state index >= 15 is 0 Å². The number of hydrogen-bond donors (Lipinski definition) is 3. The highest BCUT2D eigenvalue weighted by atomic mass is 31.2. The van der Waals surface area contributed by atoms with Gasteiger partial charge in [-0.2, -0.15) is 0 Å². The number of phosphoric acid groups is 2. The molecule has 0 aliphatic carbocycles. The fourth-order valence-electron chi connectivity index (χ4n) is 10.8. The second kappa shape index (κ2) is 78.3. The fraction of sp³-hybridized carbons (Fsp3) is 0.701. The minimum Gasteiger partial charge on any atom is -0.462 e. The summed E-state index contributed by atoms with van der Waals surface area (Å²) in [6.07, 6.45) is 88.5. The molecular formula is C87H148O17P2. The highest BCUT2D eigenvalue weighted by molar-refractivity contribution is 7.47. The standard InChI is InChI=1S/C87H148O17P2/c1-5-9-13-17-21-25-29-33-37-39-40-42-46-48-52-56-60-64-68-72-85(90)98-78-83(104-87(92)74-70-66-62-58-54-50-44-36-32-28-24-20-16-12-8-4)80-102-106(95,96)100-76-81(88)75-99-105(93,94)101-79-82(103-86(91)73-69-65-61-57-53-49-43-35-31-27-23-19-15-11-7-3)77-97-84(89)71-67-63-59-55-51-47-45-41-38-34-30-26-22-18-14-10-6-2/h9,13,21-22,25-26,28,32-35,37-38,40,42-43,45,47-48,52,55,59,81-83,88H,5-8,10-12,14-20,23-24,27,29-31,36,39,41,44,46,49-51,53-54,56-58,60-80H2,1-4H3,(H,93,94)(H,95,96)/b13-9-,25-21-,26-22-,32-28-,37-33-,38-34-,42-40-,43-35-,47-45-,52-48-,59-55-/t81-,82+,83+/m0/s1. The molecule has 17 nitrogen and oxygen atoms in total. The van der Waals surface area contributed by atoms with Gasteiger partial charge in [-0.05, 0) is 161 Å². The SMILES string of the molecule is CC/C=C\C/C=C\C/C=C\C/C=C\C/C=C\CCCCCC(=O)OC[C@H](COP(=O)(O)OC[C@@H](O)COP(=O)(O)OC[C@@H](COC(=O)CCC/C=C\C/C=C\C/C=C\C/C=C\CCCCC)OC(=O)CCCCCCC/C=C\CCCCCCCC)OC(=O)CCCCCCCCC/C=C\CCCCCC. The van der Waals surface area contributed by atoms with E-state index in [1.54, 1.807) is 0 Å². The third-order valence-corrected chi connectivity index (χ3v) is 19.0. The molecule has 608 valence electrons. The van der Waals surface area contributed by atoms with Gasteiger partial charge >= 0.3 is 39.5 Å². The van der Waals surface area contributed by atoms with Crippen molar-refractivity contribution in [2.24, 2.45) is 0 Å². The van der Waals surface area contributed by atoms with Gasteiger partial charge in [-0.1, -0.05) is 283 Å². The Morgan fingerprint density at radius 3 is 0.840 bits per heavy atom. The summed E-state index contributed by atoms with van der Waals surface area (Å²) in [4.78, 5) is 73.1. The van der Waals surface area contributed by atoms with Crippen LogP contribution in [0.25, 0.3) is 0 Å². The van der Waals surface area contributed by atoms with Gasteiger partial charge in [0.15, 0.2) is 12.2 Å². The van der Waals surface area contributed by atoms with Crippen molar-refractivity contribution in [1.29, 1.82) is 0 Å². The van der Waals surface area contributed by atoms with Crippen LogP contribution in [0.4, 0.5) is 0 Å². The first-order valence-corrected chi connectivity index (χ1v) is 44.4. The smallest absolute Gasteiger partial charge is 0.462 e. The summed E-state index contributed by atoms with van der Waals surface area (Å²) >= 11 is 0. The van der Waals surface area contributed by atoms with E-state index in [1.807, 2.05) is 12.2 Å². The van der Waals surface area contributed by atoms with Gasteiger partial charge < -0.3 is 33.8 Å². The Labute approximate surface area is 644 Å². The molecule has 0 spiro atoms. The minimum absolute atomic E-state index is 0.0709. The second-order valence-corrected chi connectivity index (χ2v) is 30.2. The molecule has 0 saturated carbocycles. The number of esters is 4. The van der Waals surface area contributed by atoms with Crippen LogP contribution in [-0.2, 0) is 65.4 Å². The van der Waals surface area contributed by atoms with Crippen LogP contribution in [0.3, 0.4) is 0 Å². The van der Waals surface area contributed by atoms with Crippen molar-refractivity contribution >= 4 is 39.5 Å². The van der Waals surface area contributed by atoms with Crippen LogP contribution >= 0.6 is 15.6 Å². The van der Waals surface area contributed by atoms with E-state index < -0.39 is 97.5 Å². The molecule has 0 aromatic carbocycles. The van der Waals surface area contributed by atoms with E-state index in [9.17, 15) is 43.2 Å². The molecule has 5 atom stereocenters. The Balaban J connectivity index is 5.45. The minimum atomic E-state index is -5.00. The van der Waals surface area contributed by atoms with Gasteiger partial charge in [0, 0.05) is 25.7 Å². The molecule has 0 fully saturated rings. The predicted molar refractivity (Wildman–Crippen MR) is 436 cm³/mol. The summed E-state index contributed by atoms with van der Waals surface area (Å²) in [6.45, 7) is 4.63. The van der Waals surface area contributed by atoms with Crippen LogP contribution in [0.15, 0.2) is 134 Å². The number of phosphoric ester groups is 2. The molecule has 0 aliphatic rings. The van der Waals surface area contributed by atoms with Crippen LogP contribution in [-0.4, -0.2) is 96.7 Å². The first kappa shape index (κ1) is 101. The molecule has 0 saturated heterocycles. The van der Waals surface area contributed by atoms with Gasteiger partial charge in [-0.25, -0.2) is 9.13 Å². The predicted octanol–water partition coefficient (Wildman–Crippen LogP) is 24.4. The van der Waals surface area contributed by atoms with Crippen molar-refractivity contribution in [2.45, 2.75) is 354 Å². The summed E-state index contributed by atoms with van der Waals surface area (Å²) in [6, 6.07) is 0. The van der Waals surface area contributed by atoms with Crippen LogP contribution in [0.5, 0.6) is 0 Å². The zero-order valence-electron chi connectivity index (χ0n) is 66.6. The number of ether oxygens (including phenoxy) is 4. The zero-order chi connectivity index (χ0) is 77.4. The molecule has 0 amide bonds. The van der Waals surface area contributed by atoms with Gasteiger partial charge in [-0.3, -0.25) is 37.3 Å². The number of unbranched alkanes of at least 4 members (excludes halogenated alkanes) is 29. The molecular weight excluding hydrogens is 1380 g/mol. The highest BCUT2D eigenvalue weighted by Gasteiger charge is 2.30. The Morgan fingerprint density at radius 2 is 0.500 bits per heavy atom. The van der Waals surface area contributed by atoms with Crippen LogP contribution in [0, 0.1) is 0 Å². The first-order valence-electron chi connectivity index (χ1n) is 41.4. The lowest BCUT2D eigenvalue weighted by Crippen LogP contribution is -2.30. The van der Waals surface area contributed by atoms with Crippen molar-refractivity contribution in [3.63, 3.8) is 0 Å². The maximum atomic E-state index is 13.1. The van der Waals surface area contributed by atoms with E-state index in [2.05, 4.69) is 149 Å². The molecule has 19 heteroatoms. The molecule has 2 unspecified atom stereocenters. The van der Waals surface area contributed by atoms with Crippen molar-refractivity contribution in [3.05, 3.63) is 134 Å². The topological polar surface area (TPSA) is 237 Å². The molecule has 106 heavy (non-hydrogen) atoms. The normalized spacial score (nSPS) is 14.5. The van der Waals surface area contributed by atoms with Crippen LogP contribution < -0.4 is 0 Å². The summed E-state index contributed by atoms with van der Waals surface area (Å²) in [7, 11) is -9.99. The molecule has 0 aromatic heterocycles. The zero-order valence-corrected chi connectivity index (χ0v) is 68.4. The Kier molecular flexibility index (Phi) is 74.8. The number of aliphatic hydroxyl groups is 1. The molecule has 0 heterocycles. The molecule has 0 aromatic rings. The van der Waals surface area contributed by atoms with Gasteiger partial charge in [0.05, 0.1) is 26.4 Å². The largest absolute Gasteiger partial charge is 0.472 e. The maximum Gasteiger partial charge on any atom is 0.472 e.